The van der Waals surface area contributed by atoms with E-state index in [9.17, 15) is 4.79 Å². The van der Waals surface area contributed by atoms with Gasteiger partial charge in [-0.3, -0.25) is 4.79 Å². The minimum atomic E-state index is 0.0550. The number of ketones is 1. The lowest BCUT2D eigenvalue weighted by Crippen LogP contribution is -2.13. The van der Waals surface area contributed by atoms with Crippen molar-refractivity contribution < 1.29 is 4.79 Å². The molecule has 0 radical (unpaired) electrons. The molecule has 0 aliphatic heterocycles. The third-order valence-corrected chi connectivity index (χ3v) is 2.00. The molecule has 14 heavy (non-hydrogen) atoms. The van der Waals surface area contributed by atoms with Gasteiger partial charge in [0.15, 0.2) is 0 Å². The Morgan fingerprint density at radius 3 is 2.21 bits per heavy atom. The Morgan fingerprint density at radius 2 is 1.79 bits per heavy atom. The average Bonchev–Trinajstić information content (AvgIpc) is 2.01. The van der Waals surface area contributed by atoms with Gasteiger partial charge in [0.1, 0.15) is 11.6 Å². The van der Waals surface area contributed by atoms with Crippen LogP contribution in [0.4, 0.5) is 0 Å². The van der Waals surface area contributed by atoms with Gasteiger partial charge in [0.05, 0.1) is 6.42 Å². The summed E-state index contributed by atoms with van der Waals surface area (Å²) >= 11 is 0. The molecule has 0 amide bonds. The zero-order valence-electron chi connectivity index (χ0n) is 9.16. The van der Waals surface area contributed by atoms with Crippen molar-refractivity contribution in [3.05, 3.63) is 23.3 Å². The van der Waals surface area contributed by atoms with Crippen molar-refractivity contribution in [2.75, 3.05) is 0 Å². The molecule has 0 saturated carbocycles. The normalized spacial score (nSPS) is 10.6. The summed E-state index contributed by atoms with van der Waals surface area (Å²) in [6, 6.07) is 1.91. The minimum absolute atomic E-state index is 0.0550. The maximum atomic E-state index is 11.5. The van der Waals surface area contributed by atoms with E-state index in [4.69, 9.17) is 0 Å². The predicted molar refractivity (Wildman–Crippen MR) is 55.1 cm³/mol. The number of carbonyl (C=O) groups excluding carboxylic acids is 1. The summed E-state index contributed by atoms with van der Waals surface area (Å²) < 4.78 is 0. The number of Topliss-reactive ketones (excluding diaryl/α,β-unsaturated/α-hetero) is 1. The van der Waals surface area contributed by atoms with Crippen molar-refractivity contribution >= 4 is 5.78 Å². The molecule has 0 atom stereocenters. The molecular weight excluding hydrogens is 176 g/mol. The van der Waals surface area contributed by atoms with Crippen LogP contribution in [0.2, 0.25) is 0 Å². The number of hydrogen-bond donors (Lipinski definition) is 0. The molecule has 1 heterocycles. The fourth-order valence-electron chi connectivity index (χ4n) is 1.24. The summed E-state index contributed by atoms with van der Waals surface area (Å²) in [7, 11) is 0. The maximum Gasteiger partial charge on any atom is 0.142 e. The highest BCUT2D eigenvalue weighted by atomic mass is 16.1. The largest absolute Gasteiger partial charge is 0.299 e. The molecule has 76 valence electrons. The number of nitrogens with zero attached hydrogens (tertiary/aromatic N) is 2. The van der Waals surface area contributed by atoms with Crippen LogP contribution in [-0.2, 0) is 11.2 Å². The van der Waals surface area contributed by atoms with Crippen molar-refractivity contribution in [3.63, 3.8) is 0 Å². The standard InChI is InChI=1S/C11H16N2O/c1-7(2)10(14)6-11-12-8(3)5-9(4)13-11/h5,7H,6H2,1-4H3. The van der Waals surface area contributed by atoms with Gasteiger partial charge in [-0.2, -0.15) is 0 Å². The zero-order chi connectivity index (χ0) is 10.7. The molecule has 3 heteroatoms. The molecule has 1 aromatic rings. The van der Waals surface area contributed by atoms with E-state index in [0.29, 0.717) is 12.2 Å². The third-order valence-electron chi connectivity index (χ3n) is 2.00. The Morgan fingerprint density at radius 1 is 1.29 bits per heavy atom. The minimum Gasteiger partial charge on any atom is -0.299 e. The van der Waals surface area contributed by atoms with Gasteiger partial charge in [0, 0.05) is 17.3 Å². The van der Waals surface area contributed by atoms with Crippen molar-refractivity contribution in [3.8, 4) is 0 Å². The molecule has 0 bridgehead atoms. The second-order valence-corrected chi connectivity index (χ2v) is 3.86. The molecule has 0 aromatic carbocycles. The van der Waals surface area contributed by atoms with Crippen LogP contribution in [0.25, 0.3) is 0 Å². The van der Waals surface area contributed by atoms with Crippen LogP contribution < -0.4 is 0 Å². The van der Waals surface area contributed by atoms with Crippen LogP contribution in [0, 0.1) is 19.8 Å². The summed E-state index contributed by atoms with van der Waals surface area (Å²) in [6.07, 6.45) is 0.347. The van der Waals surface area contributed by atoms with Crippen LogP contribution in [0.1, 0.15) is 31.1 Å². The molecule has 0 fully saturated rings. The molecule has 0 saturated heterocycles. The van der Waals surface area contributed by atoms with Crippen LogP contribution in [-0.4, -0.2) is 15.8 Å². The Hall–Kier alpha value is -1.25. The Kier molecular flexibility index (Phi) is 3.33. The quantitative estimate of drug-likeness (QED) is 0.734. The predicted octanol–water partition coefficient (Wildman–Crippen LogP) is 1.86. The maximum absolute atomic E-state index is 11.5. The summed E-state index contributed by atoms with van der Waals surface area (Å²) in [4.78, 5) is 19.9. The summed E-state index contributed by atoms with van der Waals surface area (Å²) in [6.45, 7) is 7.62. The van der Waals surface area contributed by atoms with Crippen molar-refractivity contribution in [1.82, 2.24) is 9.97 Å². The molecule has 1 aromatic heterocycles. The number of rotatable bonds is 3. The molecule has 1 rings (SSSR count). The molecule has 0 aliphatic rings. The molecule has 0 unspecified atom stereocenters. The smallest absolute Gasteiger partial charge is 0.142 e. The summed E-state index contributed by atoms with van der Waals surface area (Å²) in [5.74, 6) is 0.885. The Labute approximate surface area is 84.6 Å². The lowest BCUT2D eigenvalue weighted by Gasteiger charge is -2.04. The first-order valence-electron chi connectivity index (χ1n) is 4.83. The highest BCUT2D eigenvalue weighted by molar-refractivity contribution is 5.81. The summed E-state index contributed by atoms with van der Waals surface area (Å²) in [5, 5.41) is 0. The van der Waals surface area contributed by atoms with E-state index in [0.717, 1.165) is 11.4 Å². The first-order valence-corrected chi connectivity index (χ1v) is 4.83. The van der Waals surface area contributed by atoms with Crippen LogP contribution in [0.3, 0.4) is 0 Å². The average molecular weight is 192 g/mol. The van der Waals surface area contributed by atoms with Crippen LogP contribution in [0.15, 0.2) is 6.07 Å². The van der Waals surface area contributed by atoms with Gasteiger partial charge in [0.25, 0.3) is 0 Å². The van der Waals surface area contributed by atoms with Gasteiger partial charge in [0.2, 0.25) is 0 Å². The van der Waals surface area contributed by atoms with Crippen molar-refractivity contribution in [2.24, 2.45) is 5.92 Å². The van der Waals surface area contributed by atoms with E-state index in [2.05, 4.69) is 9.97 Å². The van der Waals surface area contributed by atoms with Crippen LogP contribution >= 0.6 is 0 Å². The van der Waals surface area contributed by atoms with Gasteiger partial charge < -0.3 is 0 Å². The Balaban J connectivity index is 2.82. The van der Waals surface area contributed by atoms with Gasteiger partial charge in [-0.05, 0) is 19.9 Å². The second kappa shape index (κ2) is 4.31. The van der Waals surface area contributed by atoms with E-state index in [-0.39, 0.29) is 11.7 Å². The van der Waals surface area contributed by atoms with Crippen molar-refractivity contribution in [2.45, 2.75) is 34.1 Å². The monoisotopic (exact) mass is 192 g/mol. The lowest BCUT2D eigenvalue weighted by atomic mass is 10.1. The van der Waals surface area contributed by atoms with Gasteiger partial charge in [-0.1, -0.05) is 13.8 Å². The zero-order valence-corrected chi connectivity index (χ0v) is 9.16. The number of aromatic nitrogens is 2. The molecule has 0 aliphatic carbocycles. The first-order chi connectivity index (χ1) is 6.49. The van der Waals surface area contributed by atoms with Crippen molar-refractivity contribution in [1.29, 1.82) is 0 Å². The lowest BCUT2D eigenvalue weighted by molar-refractivity contribution is -0.121. The fraction of sp³-hybridized carbons (Fsp3) is 0.545. The molecule has 3 nitrogen and oxygen atoms in total. The highest BCUT2D eigenvalue weighted by Gasteiger charge is 2.10. The molecule has 0 N–H and O–H groups in total. The SMILES string of the molecule is Cc1cc(C)nc(CC(=O)C(C)C)n1. The summed E-state index contributed by atoms with van der Waals surface area (Å²) in [5.41, 5.74) is 1.84. The third kappa shape index (κ3) is 2.91. The highest BCUT2D eigenvalue weighted by Crippen LogP contribution is 2.04. The molecular formula is C11H16N2O. The number of carbonyl (C=O) groups is 1. The Bertz CT molecular complexity index is 325. The fourth-order valence-corrected chi connectivity index (χ4v) is 1.24. The van der Waals surface area contributed by atoms with E-state index in [1.807, 2.05) is 33.8 Å². The van der Waals surface area contributed by atoms with Crippen LogP contribution in [0.5, 0.6) is 0 Å². The molecule has 0 spiro atoms. The van der Waals surface area contributed by atoms with Gasteiger partial charge >= 0.3 is 0 Å². The number of hydrogen-bond acceptors (Lipinski definition) is 3. The first kappa shape index (κ1) is 10.8. The second-order valence-electron chi connectivity index (χ2n) is 3.86. The van der Waals surface area contributed by atoms with E-state index in [1.165, 1.54) is 0 Å². The van der Waals surface area contributed by atoms with E-state index < -0.39 is 0 Å². The van der Waals surface area contributed by atoms with Gasteiger partial charge in [-0.25, -0.2) is 9.97 Å². The van der Waals surface area contributed by atoms with Gasteiger partial charge in [-0.15, -0.1) is 0 Å². The van der Waals surface area contributed by atoms with E-state index in [1.54, 1.807) is 0 Å². The number of aryl methyl sites for hydroxylation is 2. The van der Waals surface area contributed by atoms with E-state index >= 15 is 0 Å². The topological polar surface area (TPSA) is 42.9 Å².